The van der Waals surface area contributed by atoms with Crippen LogP contribution in [0.3, 0.4) is 0 Å². The largest absolute Gasteiger partial charge is 0.444 e. The number of hydrogen-bond donors (Lipinski definition) is 1. The van der Waals surface area contributed by atoms with E-state index in [0.29, 0.717) is 26.2 Å². The SMILES string of the molecule is COCCN(CCNCc1csc(Br)c1)C(=O)OC(C)(C)C. The zero-order chi connectivity index (χ0) is 16.6. The molecular formula is C15H25BrN2O3S. The van der Waals surface area contributed by atoms with E-state index in [1.165, 1.54) is 5.56 Å². The van der Waals surface area contributed by atoms with Gasteiger partial charge in [0.2, 0.25) is 0 Å². The maximum atomic E-state index is 12.1. The van der Waals surface area contributed by atoms with Gasteiger partial charge in [-0.05, 0) is 53.7 Å². The molecule has 22 heavy (non-hydrogen) atoms. The highest BCUT2D eigenvalue weighted by atomic mass is 79.9. The summed E-state index contributed by atoms with van der Waals surface area (Å²) in [5.41, 5.74) is 0.747. The molecular weight excluding hydrogens is 368 g/mol. The van der Waals surface area contributed by atoms with Crippen LogP contribution in [0.2, 0.25) is 0 Å². The number of ether oxygens (including phenoxy) is 2. The summed E-state index contributed by atoms with van der Waals surface area (Å²) in [6, 6.07) is 2.09. The Hall–Kier alpha value is -0.630. The minimum Gasteiger partial charge on any atom is -0.444 e. The molecule has 0 unspecified atom stereocenters. The van der Waals surface area contributed by atoms with E-state index in [0.717, 1.165) is 10.3 Å². The molecule has 0 aliphatic carbocycles. The number of methoxy groups -OCH3 is 1. The van der Waals surface area contributed by atoms with Gasteiger partial charge in [-0.1, -0.05) is 0 Å². The Morgan fingerprint density at radius 3 is 2.68 bits per heavy atom. The van der Waals surface area contributed by atoms with Crippen LogP contribution in [0.4, 0.5) is 4.79 Å². The van der Waals surface area contributed by atoms with Crippen LogP contribution in [0.25, 0.3) is 0 Å². The van der Waals surface area contributed by atoms with E-state index >= 15 is 0 Å². The zero-order valence-corrected chi connectivity index (χ0v) is 16.1. The Bertz CT molecular complexity index is 460. The number of thiophene rings is 1. The first-order valence-corrected chi connectivity index (χ1v) is 8.89. The number of amides is 1. The Balaban J connectivity index is 2.38. The Kier molecular flexibility index (Phi) is 8.38. The van der Waals surface area contributed by atoms with Gasteiger partial charge in [-0.25, -0.2) is 4.79 Å². The van der Waals surface area contributed by atoms with E-state index in [9.17, 15) is 4.79 Å². The third-order valence-electron chi connectivity index (χ3n) is 2.73. The smallest absolute Gasteiger partial charge is 0.410 e. The summed E-state index contributed by atoms with van der Waals surface area (Å²) in [6.07, 6.45) is -0.301. The van der Waals surface area contributed by atoms with Crippen LogP contribution in [0.5, 0.6) is 0 Å². The summed E-state index contributed by atoms with van der Waals surface area (Å²) in [4.78, 5) is 13.8. The second-order valence-corrected chi connectivity index (χ2v) is 8.19. The van der Waals surface area contributed by atoms with Crippen molar-refractivity contribution < 1.29 is 14.3 Å². The number of hydrogen-bond acceptors (Lipinski definition) is 5. The quantitative estimate of drug-likeness (QED) is 0.687. The molecule has 1 rings (SSSR count). The molecule has 5 nitrogen and oxygen atoms in total. The monoisotopic (exact) mass is 392 g/mol. The number of halogens is 1. The molecule has 0 saturated heterocycles. The molecule has 0 atom stereocenters. The number of nitrogens with zero attached hydrogens (tertiary/aromatic N) is 1. The third kappa shape index (κ3) is 8.12. The van der Waals surface area contributed by atoms with Crippen LogP contribution in [-0.4, -0.2) is 49.9 Å². The highest BCUT2D eigenvalue weighted by molar-refractivity contribution is 9.11. The van der Waals surface area contributed by atoms with Crippen molar-refractivity contribution in [2.75, 3.05) is 33.4 Å². The lowest BCUT2D eigenvalue weighted by Crippen LogP contribution is -2.42. The lowest BCUT2D eigenvalue weighted by Gasteiger charge is -2.27. The van der Waals surface area contributed by atoms with Crippen molar-refractivity contribution in [3.63, 3.8) is 0 Å². The molecule has 0 aromatic carbocycles. The molecule has 1 heterocycles. The van der Waals surface area contributed by atoms with Gasteiger partial charge in [-0.15, -0.1) is 11.3 Å². The van der Waals surface area contributed by atoms with Gasteiger partial charge in [-0.3, -0.25) is 0 Å². The van der Waals surface area contributed by atoms with E-state index in [1.807, 2.05) is 20.8 Å². The summed E-state index contributed by atoms with van der Waals surface area (Å²) in [6.45, 7) is 8.70. The van der Waals surface area contributed by atoms with E-state index in [1.54, 1.807) is 23.3 Å². The van der Waals surface area contributed by atoms with Gasteiger partial charge in [-0.2, -0.15) is 0 Å². The van der Waals surface area contributed by atoms with Crippen LogP contribution in [0.1, 0.15) is 26.3 Å². The fourth-order valence-electron chi connectivity index (χ4n) is 1.71. The van der Waals surface area contributed by atoms with Crippen LogP contribution in [-0.2, 0) is 16.0 Å². The minimum atomic E-state index is -0.487. The molecule has 0 bridgehead atoms. The van der Waals surface area contributed by atoms with Crippen LogP contribution in [0, 0.1) is 0 Å². The highest BCUT2D eigenvalue weighted by Gasteiger charge is 2.21. The molecule has 1 N–H and O–H groups in total. The molecule has 1 aromatic rings. The molecule has 0 aliphatic rings. The summed E-state index contributed by atoms with van der Waals surface area (Å²) < 4.78 is 11.6. The maximum absolute atomic E-state index is 12.1. The normalized spacial score (nSPS) is 11.5. The molecule has 1 aromatic heterocycles. The summed E-state index contributed by atoms with van der Waals surface area (Å²) in [7, 11) is 1.62. The first-order valence-electron chi connectivity index (χ1n) is 7.22. The predicted molar refractivity (Wildman–Crippen MR) is 93.4 cm³/mol. The number of rotatable bonds is 8. The average Bonchev–Trinajstić information content (AvgIpc) is 2.81. The Morgan fingerprint density at radius 1 is 1.41 bits per heavy atom. The molecule has 0 radical (unpaired) electrons. The van der Waals surface area contributed by atoms with Gasteiger partial charge in [0.1, 0.15) is 5.60 Å². The van der Waals surface area contributed by atoms with Gasteiger partial charge in [0.15, 0.2) is 0 Å². The maximum Gasteiger partial charge on any atom is 0.410 e. The van der Waals surface area contributed by atoms with Crippen LogP contribution < -0.4 is 5.32 Å². The van der Waals surface area contributed by atoms with Crippen LogP contribution in [0.15, 0.2) is 15.2 Å². The highest BCUT2D eigenvalue weighted by Crippen LogP contribution is 2.20. The topological polar surface area (TPSA) is 50.8 Å². The number of carbonyl (C=O) groups excluding carboxylic acids is 1. The van der Waals surface area contributed by atoms with Gasteiger partial charge < -0.3 is 19.7 Å². The van der Waals surface area contributed by atoms with E-state index < -0.39 is 5.60 Å². The summed E-state index contributed by atoms with van der Waals surface area (Å²) in [5, 5.41) is 5.44. The van der Waals surface area contributed by atoms with Crippen molar-refractivity contribution in [2.24, 2.45) is 0 Å². The predicted octanol–water partition coefficient (Wildman–Crippen LogP) is 3.48. The molecule has 126 valence electrons. The number of carbonyl (C=O) groups is 1. The van der Waals surface area contributed by atoms with E-state index in [-0.39, 0.29) is 6.09 Å². The van der Waals surface area contributed by atoms with E-state index in [4.69, 9.17) is 9.47 Å². The van der Waals surface area contributed by atoms with Crippen molar-refractivity contribution in [1.82, 2.24) is 10.2 Å². The minimum absolute atomic E-state index is 0.301. The van der Waals surface area contributed by atoms with Crippen LogP contribution >= 0.6 is 27.3 Å². The Labute approximate surface area is 145 Å². The molecule has 7 heteroatoms. The summed E-state index contributed by atoms with van der Waals surface area (Å²) in [5.74, 6) is 0. The lowest BCUT2D eigenvalue weighted by molar-refractivity contribution is 0.0204. The van der Waals surface area contributed by atoms with Gasteiger partial charge >= 0.3 is 6.09 Å². The van der Waals surface area contributed by atoms with Crippen molar-refractivity contribution >= 4 is 33.4 Å². The summed E-state index contributed by atoms with van der Waals surface area (Å²) >= 11 is 5.11. The van der Waals surface area contributed by atoms with E-state index in [2.05, 4.69) is 32.7 Å². The van der Waals surface area contributed by atoms with Gasteiger partial charge in [0, 0.05) is 33.3 Å². The van der Waals surface area contributed by atoms with Crippen molar-refractivity contribution in [3.05, 3.63) is 20.8 Å². The first kappa shape index (κ1) is 19.4. The Morgan fingerprint density at radius 2 is 2.14 bits per heavy atom. The lowest BCUT2D eigenvalue weighted by atomic mass is 10.2. The second-order valence-electron chi connectivity index (χ2n) is 5.90. The van der Waals surface area contributed by atoms with Crippen molar-refractivity contribution in [1.29, 1.82) is 0 Å². The van der Waals surface area contributed by atoms with Gasteiger partial charge in [0.25, 0.3) is 0 Å². The average molecular weight is 393 g/mol. The first-order chi connectivity index (χ1) is 10.3. The zero-order valence-electron chi connectivity index (χ0n) is 13.6. The molecule has 1 amide bonds. The molecule has 0 fully saturated rings. The standard InChI is InChI=1S/C15H25BrN2O3S/c1-15(2,3)21-14(19)18(7-8-20-4)6-5-17-10-12-9-13(16)22-11-12/h9,11,17H,5-8,10H2,1-4H3. The van der Waals surface area contributed by atoms with Crippen molar-refractivity contribution in [2.45, 2.75) is 32.9 Å². The fourth-order valence-corrected chi connectivity index (χ4v) is 2.92. The van der Waals surface area contributed by atoms with Crippen molar-refractivity contribution in [3.8, 4) is 0 Å². The molecule has 0 aliphatic heterocycles. The van der Waals surface area contributed by atoms with Gasteiger partial charge in [0.05, 0.1) is 10.4 Å². The third-order valence-corrected chi connectivity index (χ3v) is 4.28. The molecule has 0 saturated carbocycles. The number of nitrogens with one attached hydrogen (secondary N) is 1. The second kappa shape index (κ2) is 9.50. The molecule has 0 spiro atoms. The fraction of sp³-hybridized carbons (Fsp3) is 0.667.